The lowest BCUT2D eigenvalue weighted by atomic mass is 9.87. The largest absolute Gasteiger partial charge is 0.496 e. The van der Waals surface area contributed by atoms with E-state index in [0.717, 1.165) is 47.0 Å². The minimum absolute atomic E-state index is 0.0543. The summed E-state index contributed by atoms with van der Waals surface area (Å²) in [5, 5.41) is 4.11. The van der Waals surface area contributed by atoms with E-state index in [4.69, 9.17) is 9.47 Å². The van der Waals surface area contributed by atoms with Crippen LogP contribution < -0.4 is 15.0 Å². The summed E-state index contributed by atoms with van der Waals surface area (Å²) in [6.07, 6.45) is 7.16. The van der Waals surface area contributed by atoms with Gasteiger partial charge in [0, 0.05) is 40.7 Å². The number of fused-ring (bicyclic) bond motifs is 1. The Bertz CT molecular complexity index is 1820. The van der Waals surface area contributed by atoms with Crippen LogP contribution in [0.2, 0.25) is 0 Å². The molecule has 1 aliphatic rings. The van der Waals surface area contributed by atoms with E-state index in [1.165, 1.54) is 17.7 Å². The van der Waals surface area contributed by atoms with E-state index in [2.05, 4.69) is 17.2 Å². The molecule has 4 aromatic carbocycles. The van der Waals surface area contributed by atoms with Gasteiger partial charge >= 0.3 is 12.1 Å². The number of methoxy groups -OCH3 is 1. The van der Waals surface area contributed by atoms with Gasteiger partial charge in [-0.25, -0.2) is 14.5 Å². The number of aromatic amines is 1. The second kappa shape index (κ2) is 14.4. The van der Waals surface area contributed by atoms with Crippen LogP contribution in [0, 0.1) is 5.92 Å². The summed E-state index contributed by atoms with van der Waals surface area (Å²) in [7, 11) is 1.56. The predicted molar refractivity (Wildman–Crippen MR) is 184 cm³/mol. The highest BCUT2D eigenvalue weighted by Gasteiger charge is 2.26. The van der Waals surface area contributed by atoms with Crippen LogP contribution in [0.1, 0.15) is 72.9 Å². The zero-order valence-electron chi connectivity index (χ0n) is 26.7. The first-order valence-corrected chi connectivity index (χ1v) is 16.2. The molecule has 1 saturated carbocycles. The van der Waals surface area contributed by atoms with Crippen LogP contribution in [0.5, 0.6) is 5.75 Å². The molecule has 240 valence electrons. The third kappa shape index (κ3) is 7.07. The van der Waals surface area contributed by atoms with Crippen molar-refractivity contribution in [1.82, 2.24) is 4.98 Å². The second-order valence-electron chi connectivity index (χ2n) is 12.0. The lowest BCUT2D eigenvalue weighted by Crippen LogP contribution is -2.29. The second-order valence-corrected chi connectivity index (χ2v) is 12.0. The number of rotatable bonds is 10. The van der Waals surface area contributed by atoms with E-state index >= 15 is 0 Å². The molecule has 1 heterocycles. The van der Waals surface area contributed by atoms with Gasteiger partial charge in [0.05, 0.1) is 24.0 Å². The van der Waals surface area contributed by atoms with Gasteiger partial charge in [0.2, 0.25) is 5.91 Å². The molecule has 1 fully saturated rings. The average Bonchev–Trinajstić information content (AvgIpc) is 3.76. The van der Waals surface area contributed by atoms with Crippen molar-refractivity contribution in [3.8, 4) is 5.75 Å². The molecule has 1 aromatic heterocycles. The van der Waals surface area contributed by atoms with E-state index in [1.54, 1.807) is 43.5 Å². The van der Waals surface area contributed by atoms with Crippen molar-refractivity contribution in [2.24, 2.45) is 5.92 Å². The van der Waals surface area contributed by atoms with E-state index in [-0.39, 0.29) is 17.4 Å². The zero-order chi connectivity index (χ0) is 32.8. The number of H-pyrrole nitrogens is 1. The summed E-state index contributed by atoms with van der Waals surface area (Å²) < 4.78 is 11.2. The normalized spacial score (nSPS) is 13.7. The Hall–Kier alpha value is -5.37. The number of nitrogens with zero attached hydrogens (tertiary/aromatic N) is 1. The number of benzene rings is 4. The van der Waals surface area contributed by atoms with Crippen LogP contribution >= 0.6 is 0 Å². The van der Waals surface area contributed by atoms with Crippen molar-refractivity contribution >= 4 is 45.9 Å². The van der Waals surface area contributed by atoms with E-state index in [1.807, 2.05) is 66.9 Å². The number of esters is 1. The summed E-state index contributed by atoms with van der Waals surface area (Å²) in [6, 6.07) is 29.1. The van der Waals surface area contributed by atoms with Crippen molar-refractivity contribution in [3.63, 3.8) is 0 Å². The van der Waals surface area contributed by atoms with Gasteiger partial charge in [0.15, 0.2) is 0 Å². The molecule has 8 heteroatoms. The van der Waals surface area contributed by atoms with Gasteiger partial charge in [-0.1, -0.05) is 62.2 Å². The van der Waals surface area contributed by atoms with Gasteiger partial charge in [-0.3, -0.25) is 4.79 Å². The number of aromatic nitrogens is 1. The van der Waals surface area contributed by atoms with Crippen molar-refractivity contribution < 1.29 is 23.9 Å². The molecule has 0 bridgehead atoms. The summed E-state index contributed by atoms with van der Waals surface area (Å²) in [6.45, 7) is 2.10. The fraction of sp³-hybridized carbons (Fsp3) is 0.256. The number of anilines is 3. The van der Waals surface area contributed by atoms with E-state index < -0.39 is 12.1 Å². The Morgan fingerprint density at radius 3 is 2.19 bits per heavy atom. The maximum atomic E-state index is 13.4. The number of hydrogen-bond acceptors (Lipinski definition) is 5. The molecule has 2 N–H and O–H groups in total. The van der Waals surface area contributed by atoms with Crippen LogP contribution in [0.4, 0.5) is 21.9 Å². The summed E-state index contributed by atoms with van der Waals surface area (Å²) >= 11 is 0. The molecule has 8 nitrogen and oxygen atoms in total. The molecule has 2 amide bonds. The lowest BCUT2D eigenvalue weighted by Gasteiger charge is -2.22. The van der Waals surface area contributed by atoms with Crippen molar-refractivity contribution in [2.75, 3.05) is 17.3 Å². The van der Waals surface area contributed by atoms with E-state index in [0.29, 0.717) is 29.5 Å². The fourth-order valence-electron chi connectivity index (χ4n) is 6.63. The van der Waals surface area contributed by atoms with Crippen molar-refractivity contribution in [2.45, 2.75) is 51.4 Å². The first-order chi connectivity index (χ1) is 22.9. The monoisotopic (exact) mass is 629 g/mol. The maximum Gasteiger partial charge on any atom is 0.426 e. The maximum absolute atomic E-state index is 13.4. The standard InChI is InChI=1S/C39H39N3O5/c1-3-31(34-25-40-35-21-19-28(24-33(34)35)41-37(43)22-26-12-10-11-13-26)32-20-18-27(23-36(32)46-2)38(44)47-39(45)42(29-14-6-4-7-15-29)30-16-8-5-9-17-30/h4-9,14-21,23-26,31,40H,3,10-13,22H2,1-2H3,(H,41,43). The molecule has 0 saturated heterocycles. The number of hydrogen-bond donors (Lipinski definition) is 2. The molecule has 5 aromatic rings. The number of ether oxygens (including phenoxy) is 2. The van der Waals surface area contributed by atoms with Gasteiger partial charge < -0.3 is 19.8 Å². The molecule has 6 rings (SSSR count). The molecule has 47 heavy (non-hydrogen) atoms. The topological polar surface area (TPSA) is 101 Å². The highest BCUT2D eigenvalue weighted by molar-refractivity contribution is 6.05. The summed E-state index contributed by atoms with van der Waals surface area (Å²) in [5.41, 5.74) is 5.03. The molecular formula is C39H39N3O5. The Morgan fingerprint density at radius 1 is 0.872 bits per heavy atom. The number of carbonyl (C=O) groups excluding carboxylic acids is 3. The van der Waals surface area contributed by atoms with Crippen LogP contribution in [-0.2, 0) is 9.53 Å². The summed E-state index contributed by atoms with van der Waals surface area (Å²) in [5.74, 6) is 0.190. The number of carbonyl (C=O) groups is 3. The smallest absolute Gasteiger partial charge is 0.426 e. The average molecular weight is 630 g/mol. The van der Waals surface area contributed by atoms with E-state index in [9.17, 15) is 14.4 Å². The molecule has 1 unspecified atom stereocenters. The fourth-order valence-corrected chi connectivity index (χ4v) is 6.63. The van der Waals surface area contributed by atoms with Crippen LogP contribution in [0.3, 0.4) is 0 Å². The minimum atomic E-state index is -0.813. The van der Waals surface area contributed by atoms with Crippen LogP contribution in [0.25, 0.3) is 10.9 Å². The SMILES string of the molecule is CCC(c1ccc(C(=O)OC(=O)N(c2ccccc2)c2ccccc2)cc1OC)c1c[nH]c2ccc(NC(=O)CC3CCCC3)cc12. The van der Waals surface area contributed by atoms with Crippen molar-refractivity contribution in [1.29, 1.82) is 0 Å². The molecule has 0 aliphatic heterocycles. The van der Waals surface area contributed by atoms with Crippen LogP contribution in [0.15, 0.2) is 103 Å². The first-order valence-electron chi connectivity index (χ1n) is 16.2. The molecule has 1 aliphatic carbocycles. The molecule has 1 atom stereocenters. The molecule has 0 spiro atoms. The van der Waals surface area contributed by atoms with Gasteiger partial charge in [-0.05, 0) is 85.3 Å². The predicted octanol–water partition coefficient (Wildman–Crippen LogP) is 9.35. The molecular weight excluding hydrogens is 590 g/mol. The Labute approximate surface area is 274 Å². The number of amides is 2. The quantitative estimate of drug-likeness (QED) is 0.118. The molecule has 0 radical (unpaired) electrons. The Kier molecular flexibility index (Phi) is 9.67. The highest BCUT2D eigenvalue weighted by Crippen LogP contribution is 2.39. The third-order valence-corrected chi connectivity index (χ3v) is 8.97. The Morgan fingerprint density at radius 2 is 1.55 bits per heavy atom. The first kappa shape index (κ1) is 31.6. The Balaban J connectivity index is 1.23. The minimum Gasteiger partial charge on any atom is -0.496 e. The zero-order valence-corrected chi connectivity index (χ0v) is 26.7. The third-order valence-electron chi connectivity index (χ3n) is 8.97. The summed E-state index contributed by atoms with van der Waals surface area (Å²) in [4.78, 5) is 44.2. The van der Waals surface area contributed by atoms with Crippen molar-refractivity contribution in [3.05, 3.63) is 120 Å². The number of nitrogens with one attached hydrogen (secondary N) is 2. The van der Waals surface area contributed by atoms with Gasteiger partial charge in [0.1, 0.15) is 5.75 Å². The lowest BCUT2D eigenvalue weighted by molar-refractivity contribution is -0.117. The highest BCUT2D eigenvalue weighted by atomic mass is 16.6. The van der Waals surface area contributed by atoms with Gasteiger partial charge in [0.25, 0.3) is 0 Å². The van der Waals surface area contributed by atoms with Crippen LogP contribution in [-0.4, -0.2) is 30.1 Å². The van der Waals surface area contributed by atoms with Gasteiger partial charge in [-0.15, -0.1) is 0 Å². The number of para-hydroxylation sites is 2. The van der Waals surface area contributed by atoms with Gasteiger partial charge in [-0.2, -0.15) is 0 Å².